The standard InChI is InChI=1S/C17H15N7/c1-11-3-7-13(8-4-11)24-15(12-5-6-12)14(19-22-24)16-20-21-17-18-9-2-10-23(16)17/h2-4,7-10,12H,5-6H2,1H3. The van der Waals surface area contributed by atoms with Gasteiger partial charge in [0.1, 0.15) is 0 Å². The second-order valence-corrected chi connectivity index (χ2v) is 6.16. The number of benzene rings is 1. The number of aryl methyl sites for hydroxylation is 1. The van der Waals surface area contributed by atoms with E-state index in [1.807, 2.05) is 21.3 Å². The normalized spacial score (nSPS) is 14.4. The maximum absolute atomic E-state index is 4.43. The zero-order valence-corrected chi connectivity index (χ0v) is 13.2. The third-order valence-corrected chi connectivity index (χ3v) is 4.35. The average Bonchev–Trinajstić information content (AvgIpc) is 3.21. The first kappa shape index (κ1) is 13.4. The second kappa shape index (κ2) is 4.95. The Morgan fingerprint density at radius 3 is 2.67 bits per heavy atom. The Bertz CT molecular complexity index is 1020. The first-order chi connectivity index (χ1) is 11.8. The molecule has 0 bridgehead atoms. The predicted molar refractivity (Wildman–Crippen MR) is 87.8 cm³/mol. The molecule has 1 fully saturated rings. The van der Waals surface area contributed by atoms with Crippen molar-refractivity contribution in [2.75, 3.05) is 0 Å². The van der Waals surface area contributed by atoms with Crippen LogP contribution in [0.5, 0.6) is 0 Å². The molecule has 24 heavy (non-hydrogen) atoms. The number of hydrogen-bond acceptors (Lipinski definition) is 5. The fourth-order valence-electron chi connectivity index (χ4n) is 2.95. The number of rotatable bonds is 3. The van der Waals surface area contributed by atoms with Crippen molar-refractivity contribution in [2.24, 2.45) is 0 Å². The molecule has 3 heterocycles. The van der Waals surface area contributed by atoms with Crippen molar-refractivity contribution >= 4 is 5.78 Å². The Morgan fingerprint density at radius 1 is 1.04 bits per heavy atom. The molecule has 1 aliphatic carbocycles. The van der Waals surface area contributed by atoms with Gasteiger partial charge in [-0.1, -0.05) is 22.9 Å². The third kappa shape index (κ3) is 2.01. The molecule has 0 saturated heterocycles. The van der Waals surface area contributed by atoms with Crippen molar-refractivity contribution in [3.8, 4) is 17.2 Å². The molecule has 0 radical (unpaired) electrons. The van der Waals surface area contributed by atoms with Gasteiger partial charge in [0, 0.05) is 18.3 Å². The maximum Gasteiger partial charge on any atom is 0.255 e. The van der Waals surface area contributed by atoms with Crippen molar-refractivity contribution < 1.29 is 0 Å². The Labute approximate surface area is 138 Å². The van der Waals surface area contributed by atoms with E-state index in [0.29, 0.717) is 17.5 Å². The number of fused-ring (bicyclic) bond motifs is 1. The highest BCUT2D eigenvalue weighted by Crippen LogP contribution is 2.44. The minimum Gasteiger partial charge on any atom is -0.265 e. The summed E-state index contributed by atoms with van der Waals surface area (Å²) >= 11 is 0. The van der Waals surface area contributed by atoms with Gasteiger partial charge >= 0.3 is 0 Å². The summed E-state index contributed by atoms with van der Waals surface area (Å²) in [4.78, 5) is 4.23. The van der Waals surface area contributed by atoms with E-state index in [2.05, 4.69) is 56.7 Å². The van der Waals surface area contributed by atoms with Crippen LogP contribution in [0.2, 0.25) is 0 Å². The molecule has 0 unspecified atom stereocenters. The highest BCUT2D eigenvalue weighted by molar-refractivity contribution is 5.59. The number of hydrogen-bond donors (Lipinski definition) is 0. The summed E-state index contributed by atoms with van der Waals surface area (Å²) < 4.78 is 3.79. The summed E-state index contributed by atoms with van der Waals surface area (Å²) in [6.07, 6.45) is 5.92. The molecule has 1 aromatic carbocycles. The molecule has 5 rings (SSSR count). The van der Waals surface area contributed by atoms with Crippen molar-refractivity contribution in [3.05, 3.63) is 54.0 Å². The lowest BCUT2D eigenvalue weighted by Gasteiger charge is -2.07. The van der Waals surface area contributed by atoms with Gasteiger partial charge in [0.05, 0.1) is 11.4 Å². The molecule has 0 amide bonds. The largest absolute Gasteiger partial charge is 0.265 e. The van der Waals surface area contributed by atoms with E-state index in [-0.39, 0.29) is 0 Å². The van der Waals surface area contributed by atoms with Crippen molar-refractivity contribution in [1.29, 1.82) is 0 Å². The predicted octanol–water partition coefficient (Wildman–Crippen LogP) is 2.56. The van der Waals surface area contributed by atoms with E-state index in [1.165, 1.54) is 5.56 Å². The lowest BCUT2D eigenvalue weighted by atomic mass is 10.2. The Hall–Kier alpha value is -3.09. The van der Waals surface area contributed by atoms with Crippen LogP contribution >= 0.6 is 0 Å². The van der Waals surface area contributed by atoms with E-state index < -0.39 is 0 Å². The minimum atomic E-state index is 0.473. The molecular weight excluding hydrogens is 302 g/mol. The second-order valence-electron chi connectivity index (χ2n) is 6.16. The molecule has 1 saturated carbocycles. The first-order valence-corrected chi connectivity index (χ1v) is 8.00. The summed E-state index contributed by atoms with van der Waals surface area (Å²) in [6, 6.07) is 10.2. The molecule has 0 aliphatic heterocycles. The molecule has 3 aromatic heterocycles. The van der Waals surface area contributed by atoms with Gasteiger partial charge in [-0.25, -0.2) is 9.67 Å². The maximum atomic E-state index is 4.43. The fraction of sp³-hybridized carbons (Fsp3) is 0.235. The molecule has 0 N–H and O–H groups in total. The summed E-state index contributed by atoms with van der Waals surface area (Å²) in [5.41, 5.74) is 4.14. The highest BCUT2D eigenvalue weighted by atomic mass is 15.4. The lowest BCUT2D eigenvalue weighted by molar-refractivity contribution is 0.763. The SMILES string of the molecule is Cc1ccc(-n2nnc(-c3nnc4ncccn34)c2C2CC2)cc1. The molecule has 118 valence electrons. The van der Waals surface area contributed by atoms with Gasteiger partial charge in [-0.2, -0.15) is 0 Å². The van der Waals surface area contributed by atoms with Gasteiger partial charge < -0.3 is 0 Å². The van der Waals surface area contributed by atoms with Crippen molar-refractivity contribution in [1.82, 2.24) is 34.6 Å². The monoisotopic (exact) mass is 317 g/mol. The molecule has 7 heteroatoms. The summed E-state index contributed by atoms with van der Waals surface area (Å²) in [5, 5.41) is 17.3. The topological polar surface area (TPSA) is 73.8 Å². The third-order valence-electron chi connectivity index (χ3n) is 4.35. The van der Waals surface area contributed by atoms with E-state index in [9.17, 15) is 0 Å². The number of nitrogens with zero attached hydrogens (tertiary/aromatic N) is 7. The average molecular weight is 317 g/mol. The Morgan fingerprint density at radius 2 is 1.88 bits per heavy atom. The smallest absolute Gasteiger partial charge is 0.255 e. The van der Waals surface area contributed by atoms with E-state index in [1.54, 1.807) is 6.20 Å². The van der Waals surface area contributed by atoms with Gasteiger partial charge in [0.15, 0.2) is 11.5 Å². The Kier molecular flexibility index (Phi) is 2.76. The zero-order chi connectivity index (χ0) is 16.1. The summed E-state index contributed by atoms with van der Waals surface area (Å²) in [6.45, 7) is 2.08. The van der Waals surface area contributed by atoms with Gasteiger partial charge in [0.2, 0.25) is 0 Å². The van der Waals surface area contributed by atoms with Crippen LogP contribution in [0.25, 0.3) is 23.0 Å². The lowest BCUT2D eigenvalue weighted by Crippen LogP contribution is -2.02. The number of aromatic nitrogens is 7. The molecular formula is C17H15N7. The van der Waals surface area contributed by atoms with Crippen LogP contribution < -0.4 is 0 Å². The van der Waals surface area contributed by atoms with E-state index in [0.717, 1.165) is 29.9 Å². The van der Waals surface area contributed by atoms with Gasteiger partial charge in [-0.15, -0.1) is 15.3 Å². The molecule has 0 spiro atoms. The summed E-state index contributed by atoms with van der Waals surface area (Å²) in [5.74, 6) is 1.73. The molecule has 4 aromatic rings. The van der Waals surface area contributed by atoms with Crippen LogP contribution in [0.3, 0.4) is 0 Å². The van der Waals surface area contributed by atoms with E-state index in [4.69, 9.17) is 0 Å². The van der Waals surface area contributed by atoms with Crippen molar-refractivity contribution in [3.63, 3.8) is 0 Å². The van der Waals surface area contributed by atoms with Gasteiger partial charge in [0.25, 0.3) is 5.78 Å². The van der Waals surface area contributed by atoms with Gasteiger partial charge in [-0.3, -0.25) is 4.40 Å². The molecule has 7 nitrogen and oxygen atoms in total. The van der Waals surface area contributed by atoms with Crippen LogP contribution in [0, 0.1) is 6.92 Å². The van der Waals surface area contributed by atoms with E-state index >= 15 is 0 Å². The fourth-order valence-corrected chi connectivity index (χ4v) is 2.95. The quantitative estimate of drug-likeness (QED) is 0.580. The van der Waals surface area contributed by atoms with Crippen LogP contribution in [0.15, 0.2) is 42.7 Å². The van der Waals surface area contributed by atoms with Crippen LogP contribution in [-0.4, -0.2) is 34.6 Å². The Balaban J connectivity index is 1.71. The summed E-state index contributed by atoms with van der Waals surface area (Å²) in [7, 11) is 0. The molecule has 1 aliphatic rings. The molecule has 0 atom stereocenters. The van der Waals surface area contributed by atoms with Crippen LogP contribution in [-0.2, 0) is 0 Å². The van der Waals surface area contributed by atoms with Crippen LogP contribution in [0.4, 0.5) is 0 Å². The minimum absolute atomic E-state index is 0.473. The van der Waals surface area contributed by atoms with Gasteiger partial charge in [-0.05, 0) is 38.0 Å². The zero-order valence-electron chi connectivity index (χ0n) is 13.2. The highest BCUT2D eigenvalue weighted by Gasteiger charge is 2.33. The van der Waals surface area contributed by atoms with Crippen LogP contribution in [0.1, 0.15) is 30.0 Å². The van der Waals surface area contributed by atoms with Crippen molar-refractivity contribution in [2.45, 2.75) is 25.7 Å². The first-order valence-electron chi connectivity index (χ1n) is 8.00.